The highest BCUT2D eigenvalue weighted by Gasteiger charge is 2.46. The molecule has 0 aromatic carbocycles. The third-order valence-corrected chi connectivity index (χ3v) is 4.28. The maximum atomic E-state index is 12.8. The van der Waals surface area contributed by atoms with Gasteiger partial charge >= 0.3 is 5.97 Å². The smallest absolute Gasteiger partial charge is 0.334 e. The first-order valence-electron chi connectivity index (χ1n) is 8.21. The number of esters is 1. The number of carbonyl (C=O) groups is 2. The van der Waals surface area contributed by atoms with Crippen molar-refractivity contribution in [3.8, 4) is 0 Å². The van der Waals surface area contributed by atoms with Crippen molar-refractivity contribution in [3.63, 3.8) is 0 Å². The van der Waals surface area contributed by atoms with Gasteiger partial charge in [-0.05, 0) is 44.3 Å². The van der Waals surface area contributed by atoms with Gasteiger partial charge in [0.05, 0.1) is 5.92 Å². The Morgan fingerprint density at radius 2 is 2.04 bits per heavy atom. The summed E-state index contributed by atoms with van der Waals surface area (Å²) < 4.78 is 11.3. The van der Waals surface area contributed by atoms with E-state index in [1.807, 2.05) is 39.8 Å². The molecule has 126 valence electrons. The molecule has 1 aliphatic carbocycles. The van der Waals surface area contributed by atoms with E-state index in [1.165, 1.54) is 0 Å². The number of Topliss-reactive ketones (excluding diaryl/α,β-unsaturated/α-hetero) is 1. The van der Waals surface area contributed by atoms with Gasteiger partial charge in [-0.1, -0.05) is 32.1 Å². The van der Waals surface area contributed by atoms with Gasteiger partial charge in [0.1, 0.15) is 12.2 Å². The molecule has 1 heterocycles. The molecule has 0 spiro atoms. The number of allylic oxidation sites excluding steroid dienone is 2. The molecule has 0 saturated carbocycles. The summed E-state index contributed by atoms with van der Waals surface area (Å²) in [5, 5.41) is 0. The van der Waals surface area contributed by atoms with E-state index in [-0.39, 0.29) is 5.78 Å². The SMILES string of the molecule is C=C1C(=O)O[C@H]2/C=C(\C)CC/C=C(/C)C(=O)[C@H](OCC(C)C)[C@@H]12. The average molecular weight is 318 g/mol. The van der Waals surface area contributed by atoms with Crippen LogP contribution in [0.2, 0.25) is 0 Å². The molecule has 1 saturated heterocycles. The van der Waals surface area contributed by atoms with Crippen molar-refractivity contribution >= 4 is 11.8 Å². The maximum Gasteiger partial charge on any atom is 0.334 e. The van der Waals surface area contributed by atoms with Crippen LogP contribution < -0.4 is 0 Å². The van der Waals surface area contributed by atoms with E-state index in [0.717, 1.165) is 18.4 Å². The Hall–Kier alpha value is -1.68. The number of ether oxygens (including phenoxy) is 2. The van der Waals surface area contributed by atoms with E-state index in [4.69, 9.17) is 9.47 Å². The van der Waals surface area contributed by atoms with Crippen LogP contribution in [0.1, 0.15) is 40.5 Å². The summed E-state index contributed by atoms with van der Waals surface area (Å²) in [6.45, 7) is 12.2. The maximum absolute atomic E-state index is 12.8. The lowest BCUT2D eigenvalue weighted by atomic mass is 9.84. The number of hydrogen-bond donors (Lipinski definition) is 0. The van der Waals surface area contributed by atoms with Crippen molar-refractivity contribution in [1.29, 1.82) is 0 Å². The fourth-order valence-electron chi connectivity index (χ4n) is 2.94. The van der Waals surface area contributed by atoms with Gasteiger partial charge in [-0.3, -0.25) is 4.79 Å². The normalized spacial score (nSPS) is 33.6. The molecule has 2 aliphatic rings. The van der Waals surface area contributed by atoms with E-state index in [1.54, 1.807) is 0 Å². The zero-order valence-corrected chi connectivity index (χ0v) is 14.4. The van der Waals surface area contributed by atoms with E-state index in [9.17, 15) is 9.59 Å². The molecule has 0 aromatic heterocycles. The van der Waals surface area contributed by atoms with E-state index >= 15 is 0 Å². The standard InChI is InChI=1S/C19H26O4/c1-11(2)10-22-18-16-14(5)19(21)23-15(16)9-12(3)7-6-8-13(4)17(18)20/h8-9,11,15-16,18H,5-7,10H2,1-4H3/b12-9+,13-8-/t15-,16-,18+/m0/s1. The predicted molar refractivity (Wildman–Crippen MR) is 88.8 cm³/mol. The molecule has 0 unspecified atom stereocenters. The minimum absolute atomic E-state index is 0.0759. The lowest BCUT2D eigenvalue weighted by molar-refractivity contribution is -0.139. The van der Waals surface area contributed by atoms with Gasteiger partial charge in [0.25, 0.3) is 0 Å². The second kappa shape index (κ2) is 7.26. The molecule has 1 aliphatic heterocycles. The van der Waals surface area contributed by atoms with Crippen LogP contribution in [0.5, 0.6) is 0 Å². The second-order valence-electron chi connectivity index (χ2n) is 6.87. The number of fused-ring (bicyclic) bond motifs is 1. The largest absolute Gasteiger partial charge is 0.454 e. The van der Waals surface area contributed by atoms with E-state index in [0.29, 0.717) is 23.7 Å². The Kier molecular flexibility index (Phi) is 5.58. The van der Waals surface area contributed by atoms with Crippen molar-refractivity contribution in [2.45, 2.75) is 52.7 Å². The quantitative estimate of drug-likeness (QED) is 0.455. The lowest BCUT2D eigenvalue weighted by Gasteiger charge is -2.27. The van der Waals surface area contributed by atoms with Crippen LogP contribution in [-0.4, -0.2) is 30.6 Å². The van der Waals surface area contributed by atoms with E-state index in [2.05, 4.69) is 6.58 Å². The molecular formula is C19H26O4. The van der Waals surface area contributed by atoms with Gasteiger partial charge in [0, 0.05) is 12.2 Å². The highest BCUT2D eigenvalue weighted by atomic mass is 16.6. The third-order valence-electron chi connectivity index (χ3n) is 4.28. The van der Waals surface area contributed by atoms with Crippen LogP contribution in [0, 0.1) is 11.8 Å². The number of hydrogen-bond acceptors (Lipinski definition) is 4. The van der Waals surface area contributed by atoms with Crippen LogP contribution in [-0.2, 0) is 19.1 Å². The number of rotatable bonds is 3. The zero-order chi connectivity index (χ0) is 17.1. The molecule has 0 bridgehead atoms. The van der Waals surface area contributed by atoms with E-state index < -0.39 is 24.1 Å². The average Bonchev–Trinajstić information content (AvgIpc) is 2.73. The van der Waals surface area contributed by atoms with Crippen molar-refractivity contribution in [2.75, 3.05) is 6.61 Å². The fourth-order valence-corrected chi connectivity index (χ4v) is 2.94. The minimum atomic E-state index is -0.722. The summed E-state index contributed by atoms with van der Waals surface area (Å²) in [5.41, 5.74) is 2.15. The first-order chi connectivity index (χ1) is 10.8. The highest BCUT2D eigenvalue weighted by molar-refractivity contribution is 6.01. The molecular weight excluding hydrogens is 292 g/mol. The van der Waals surface area contributed by atoms with Crippen LogP contribution in [0.25, 0.3) is 0 Å². The number of carbonyl (C=O) groups excluding carboxylic acids is 2. The Bertz CT molecular complexity index is 568. The molecule has 0 radical (unpaired) electrons. The van der Waals surface area contributed by atoms with Gasteiger partial charge in [-0.15, -0.1) is 0 Å². The second-order valence-corrected chi connectivity index (χ2v) is 6.87. The Balaban J connectivity index is 2.42. The van der Waals surface area contributed by atoms with Gasteiger partial charge in [-0.25, -0.2) is 4.79 Å². The molecule has 4 nitrogen and oxygen atoms in total. The molecule has 23 heavy (non-hydrogen) atoms. The summed E-state index contributed by atoms with van der Waals surface area (Å²) in [5.74, 6) is -0.668. The van der Waals surface area contributed by atoms with Crippen LogP contribution in [0.15, 0.2) is 35.5 Å². The first-order valence-corrected chi connectivity index (χ1v) is 8.21. The molecule has 3 atom stereocenters. The molecule has 2 rings (SSSR count). The Morgan fingerprint density at radius 1 is 1.35 bits per heavy atom. The topological polar surface area (TPSA) is 52.6 Å². The minimum Gasteiger partial charge on any atom is -0.454 e. The summed E-state index contributed by atoms with van der Waals surface area (Å²) in [7, 11) is 0. The van der Waals surface area contributed by atoms with Crippen molar-refractivity contribution in [1.82, 2.24) is 0 Å². The Labute approximate surface area is 138 Å². The molecule has 1 fully saturated rings. The van der Waals surface area contributed by atoms with Crippen molar-refractivity contribution in [3.05, 3.63) is 35.5 Å². The highest BCUT2D eigenvalue weighted by Crippen LogP contribution is 2.35. The van der Waals surface area contributed by atoms with Crippen LogP contribution in [0.4, 0.5) is 0 Å². The summed E-state index contributed by atoms with van der Waals surface area (Å²) in [4.78, 5) is 24.8. The van der Waals surface area contributed by atoms with Crippen LogP contribution >= 0.6 is 0 Å². The van der Waals surface area contributed by atoms with Crippen molar-refractivity contribution < 1.29 is 19.1 Å². The molecule has 0 aromatic rings. The monoisotopic (exact) mass is 318 g/mol. The van der Waals surface area contributed by atoms with Crippen molar-refractivity contribution in [2.24, 2.45) is 11.8 Å². The van der Waals surface area contributed by atoms with Gasteiger partial charge < -0.3 is 9.47 Å². The summed E-state index contributed by atoms with van der Waals surface area (Å²) >= 11 is 0. The molecule has 0 N–H and O–H groups in total. The lowest BCUT2D eigenvalue weighted by Crippen LogP contribution is -2.39. The Morgan fingerprint density at radius 3 is 2.70 bits per heavy atom. The molecule has 0 amide bonds. The van der Waals surface area contributed by atoms with Gasteiger partial charge in [0.2, 0.25) is 0 Å². The summed E-state index contributed by atoms with van der Waals surface area (Å²) in [6.07, 6.45) is 4.33. The fraction of sp³-hybridized carbons (Fsp3) is 0.579. The van der Waals surface area contributed by atoms with Crippen LogP contribution in [0.3, 0.4) is 0 Å². The predicted octanol–water partition coefficient (Wildman–Crippen LogP) is 3.38. The first kappa shape index (κ1) is 17.7. The third kappa shape index (κ3) is 3.99. The summed E-state index contributed by atoms with van der Waals surface area (Å²) in [6, 6.07) is 0. The zero-order valence-electron chi connectivity index (χ0n) is 14.4. The van der Waals surface area contributed by atoms with Gasteiger partial charge in [0.15, 0.2) is 5.78 Å². The molecule has 4 heteroatoms. The van der Waals surface area contributed by atoms with Gasteiger partial charge in [-0.2, -0.15) is 0 Å². The number of ketones is 1.